The van der Waals surface area contributed by atoms with Gasteiger partial charge in [-0.3, -0.25) is 4.79 Å². The number of carboxylic acids is 1. The van der Waals surface area contributed by atoms with Crippen LogP contribution in [0.5, 0.6) is 0 Å². The Morgan fingerprint density at radius 1 is 1.10 bits per heavy atom. The van der Waals surface area contributed by atoms with Crippen LogP contribution < -0.4 is 0 Å². The summed E-state index contributed by atoms with van der Waals surface area (Å²) in [6.45, 7) is 9.33. The second-order valence-electron chi connectivity index (χ2n) is 11.9. The smallest absolute Gasteiger partial charge is 0.306 e. The van der Waals surface area contributed by atoms with Crippen LogP contribution >= 0.6 is 0 Å². The molecule has 0 aromatic heterocycles. The van der Waals surface area contributed by atoms with Crippen LogP contribution in [0.4, 0.5) is 0 Å². The van der Waals surface area contributed by atoms with Crippen molar-refractivity contribution in [3.05, 3.63) is 5.57 Å². The van der Waals surface area contributed by atoms with Gasteiger partial charge in [0.15, 0.2) is 0 Å². The molecule has 4 aliphatic rings. The van der Waals surface area contributed by atoms with Gasteiger partial charge in [-0.15, -0.1) is 0 Å². The van der Waals surface area contributed by atoms with Crippen molar-refractivity contribution in [2.75, 3.05) is 0 Å². The summed E-state index contributed by atoms with van der Waals surface area (Å²) in [6.07, 6.45) is 12.7. The lowest BCUT2D eigenvalue weighted by Crippen LogP contribution is -2.54. The highest BCUT2D eigenvalue weighted by Gasteiger charge is 2.61. The first-order valence-corrected chi connectivity index (χ1v) is 12.7. The highest BCUT2D eigenvalue weighted by atomic mass is 16.4. The van der Waals surface area contributed by atoms with E-state index in [2.05, 4.69) is 26.7 Å². The van der Waals surface area contributed by atoms with E-state index in [0.29, 0.717) is 40.9 Å². The largest absolute Gasteiger partial charge is 0.481 e. The molecule has 9 atom stereocenters. The first-order chi connectivity index (χ1) is 14.3. The van der Waals surface area contributed by atoms with E-state index in [1.165, 1.54) is 51.4 Å². The minimum absolute atomic E-state index is 0.221. The maximum atomic E-state index is 12.1. The fraction of sp³-hybridized carbons (Fsp3) is 0.889. The fourth-order valence-corrected chi connectivity index (χ4v) is 9.16. The molecule has 4 rings (SSSR count). The van der Waals surface area contributed by atoms with Crippen LogP contribution in [0.25, 0.3) is 0 Å². The molecular formula is C27H42O3. The lowest BCUT2D eigenvalue weighted by atomic mass is 9.43. The van der Waals surface area contributed by atoms with Gasteiger partial charge in [-0.1, -0.05) is 40.5 Å². The molecule has 0 bridgehead atoms. The molecule has 3 heteroatoms. The summed E-state index contributed by atoms with van der Waals surface area (Å²) in [7, 11) is 0. The SMILES string of the molecule is CCC(C[C@@H](C)[C@H]1CC[C@H]2[C@@H]3C(=C=O)C[C@@H]4CCCC[C@]4(C)[C@H]3CC[C@]12C)C(=O)O. The lowest BCUT2D eigenvalue weighted by Gasteiger charge is -2.61. The average Bonchev–Trinajstić information content (AvgIpc) is 3.08. The second-order valence-corrected chi connectivity index (χ2v) is 11.9. The minimum Gasteiger partial charge on any atom is -0.481 e. The van der Waals surface area contributed by atoms with Gasteiger partial charge in [0.25, 0.3) is 0 Å². The Balaban J connectivity index is 1.60. The molecule has 3 nitrogen and oxygen atoms in total. The highest BCUT2D eigenvalue weighted by molar-refractivity contribution is 5.69. The molecule has 0 saturated heterocycles. The van der Waals surface area contributed by atoms with Crippen LogP contribution in [-0.4, -0.2) is 17.0 Å². The summed E-state index contributed by atoms with van der Waals surface area (Å²) in [5.41, 5.74) is 1.77. The lowest BCUT2D eigenvalue weighted by molar-refractivity contribution is -0.143. The third kappa shape index (κ3) is 3.31. The van der Waals surface area contributed by atoms with Crippen molar-refractivity contribution in [3.63, 3.8) is 0 Å². The molecule has 4 fully saturated rings. The predicted octanol–water partition coefficient (Wildman–Crippen LogP) is 6.54. The molecule has 0 aromatic carbocycles. The maximum absolute atomic E-state index is 12.1. The van der Waals surface area contributed by atoms with Crippen molar-refractivity contribution in [2.45, 2.75) is 98.3 Å². The molecule has 0 aliphatic heterocycles. The van der Waals surface area contributed by atoms with Crippen LogP contribution in [0.15, 0.2) is 5.57 Å². The zero-order valence-electron chi connectivity index (χ0n) is 19.6. The summed E-state index contributed by atoms with van der Waals surface area (Å²) in [5, 5.41) is 9.57. The number of carbonyl (C=O) groups is 1. The number of hydrogen-bond acceptors (Lipinski definition) is 2. The molecule has 4 saturated carbocycles. The van der Waals surface area contributed by atoms with Crippen molar-refractivity contribution >= 4 is 11.9 Å². The van der Waals surface area contributed by atoms with Crippen LogP contribution in [0, 0.1) is 52.3 Å². The van der Waals surface area contributed by atoms with Crippen molar-refractivity contribution < 1.29 is 14.7 Å². The van der Waals surface area contributed by atoms with E-state index in [0.717, 1.165) is 24.8 Å². The number of carbonyl (C=O) groups excluding carboxylic acids is 1. The van der Waals surface area contributed by atoms with Crippen LogP contribution in [0.3, 0.4) is 0 Å². The quantitative estimate of drug-likeness (QED) is 0.520. The van der Waals surface area contributed by atoms with Crippen LogP contribution in [-0.2, 0) is 9.59 Å². The Hall–Kier alpha value is -1.08. The summed E-state index contributed by atoms with van der Waals surface area (Å²) in [6, 6.07) is 0. The van der Waals surface area contributed by atoms with Crippen LogP contribution in [0.2, 0.25) is 0 Å². The molecule has 0 radical (unpaired) electrons. The molecule has 30 heavy (non-hydrogen) atoms. The molecule has 0 aromatic rings. The Bertz CT molecular complexity index is 722. The van der Waals surface area contributed by atoms with Gasteiger partial charge >= 0.3 is 5.97 Å². The van der Waals surface area contributed by atoms with Gasteiger partial charge < -0.3 is 5.11 Å². The fourth-order valence-electron chi connectivity index (χ4n) is 9.16. The van der Waals surface area contributed by atoms with E-state index < -0.39 is 5.97 Å². The van der Waals surface area contributed by atoms with Gasteiger partial charge in [0.2, 0.25) is 0 Å². The Labute approximate surface area is 183 Å². The number of rotatable bonds is 5. The van der Waals surface area contributed by atoms with E-state index in [-0.39, 0.29) is 11.3 Å². The van der Waals surface area contributed by atoms with Crippen molar-refractivity contribution in [2.24, 2.45) is 52.3 Å². The van der Waals surface area contributed by atoms with Gasteiger partial charge in [-0.25, -0.2) is 4.79 Å². The van der Waals surface area contributed by atoms with Gasteiger partial charge in [-0.2, -0.15) is 0 Å². The number of aliphatic carboxylic acids is 1. The Kier molecular flexibility index (Phi) is 5.99. The van der Waals surface area contributed by atoms with E-state index in [9.17, 15) is 14.7 Å². The maximum Gasteiger partial charge on any atom is 0.306 e. The highest BCUT2D eigenvalue weighted by Crippen LogP contribution is 2.69. The van der Waals surface area contributed by atoms with Gasteiger partial charge in [-0.05, 0) is 104 Å². The van der Waals surface area contributed by atoms with E-state index in [4.69, 9.17) is 0 Å². The monoisotopic (exact) mass is 414 g/mol. The average molecular weight is 415 g/mol. The van der Waals surface area contributed by atoms with E-state index >= 15 is 0 Å². The predicted molar refractivity (Wildman–Crippen MR) is 120 cm³/mol. The second kappa shape index (κ2) is 8.12. The number of hydrogen-bond donors (Lipinski definition) is 1. The zero-order chi connectivity index (χ0) is 21.7. The molecule has 1 N–H and O–H groups in total. The molecule has 168 valence electrons. The van der Waals surface area contributed by atoms with Gasteiger partial charge in [0.05, 0.1) is 5.92 Å². The van der Waals surface area contributed by atoms with E-state index in [1.807, 2.05) is 6.92 Å². The first-order valence-electron chi connectivity index (χ1n) is 12.7. The summed E-state index contributed by atoms with van der Waals surface area (Å²) < 4.78 is 0. The minimum atomic E-state index is -0.637. The van der Waals surface area contributed by atoms with Gasteiger partial charge in [0, 0.05) is 5.57 Å². The molecular weight excluding hydrogens is 372 g/mol. The third-order valence-corrected chi connectivity index (χ3v) is 10.8. The summed E-state index contributed by atoms with van der Waals surface area (Å²) >= 11 is 0. The molecule has 0 heterocycles. The van der Waals surface area contributed by atoms with E-state index in [1.54, 1.807) is 0 Å². The summed E-state index contributed by atoms with van der Waals surface area (Å²) in [4.78, 5) is 23.8. The van der Waals surface area contributed by atoms with Gasteiger partial charge in [0.1, 0.15) is 5.94 Å². The topological polar surface area (TPSA) is 54.4 Å². The number of fused-ring (bicyclic) bond motifs is 5. The molecule has 4 aliphatic carbocycles. The third-order valence-electron chi connectivity index (χ3n) is 10.8. The Morgan fingerprint density at radius 3 is 2.50 bits per heavy atom. The number of allylic oxidation sites excluding steroid dienone is 1. The molecule has 1 unspecified atom stereocenters. The zero-order valence-corrected chi connectivity index (χ0v) is 19.6. The summed E-state index contributed by atoms with van der Waals surface area (Å²) in [5.74, 6) is 4.99. The Morgan fingerprint density at radius 2 is 1.83 bits per heavy atom. The molecule has 0 amide bonds. The standard InChI is InChI=1S/C27H42O3/c1-5-18(25(29)30)14-17(2)21-9-10-22-24-19(16-28)15-20-8-6-7-12-26(20,3)23(24)11-13-27(21,22)4/h17-18,20-24H,5-15H2,1-4H3,(H,29,30)/t17-,18?,20+,21-,22+,23+,24+,26+,27-/m1/s1. The van der Waals surface area contributed by atoms with Crippen molar-refractivity contribution in [1.29, 1.82) is 0 Å². The number of carboxylic acid groups (broad SMARTS) is 1. The van der Waals surface area contributed by atoms with Crippen molar-refractivity contribution in [1.82, 2.24) is 0 Å². The van der Waals surface area contributed by atoms with Crippen LogP contribution in [0.1, 0.15) is 98.3 Å². The first kappa shape index (κ1) is 22.1. The molecule has 0 spiro atoms. The normalized spacial score (nSPS) is 44.9. The van der Waals surface area contributed by atoms with Crippen molar-refractivity contribution in [3.8, 4) is 0 Å².